The molecule has 1 heterocycles. The fourth-order valence-corrected chi connectivity index (χ4v) is 2.00. The highest BCUT2D eigenvalue weighted by Crippen LogP contribution is 2.09. The minimum Gasteiger partial charge on any atom is -0.347 e. The van der Waals surface area contributed by atoms with Crippen LogP contribution < -0.4 is 5.32 Å². The Hall–Kier alpha value is -1.26. The molecule has 1 saturated heterocycles. The van der Waals surface area contributed by atoms with Crippen molar-refractivity contribution in [1.29, 1.82) is 0 Å². The van der Waals surface area contributed by atoms with Crippen molar-refractivity contribution < 1.29 is 9.59 Å². The van der Waals surface area contributed by atoms with Gasteiger partial charge in [-0.2, -0.15) is 0 Å². The van der Waals surface area contributed by atoms with Crippen LogP contribution in [0.5, 0.6) is 0 Å². The number of likely N-dealkylation sites (N-methyl/N-ethyl adjacent to an activating group) is 1. The average Bonchev–Trinajstić information content (AvgIpc) is 2.56. The van der Waals surface area contributed by atoms with Gasteiger partial charge in [0, 0.05) is 27.2 Å². The number of rotatable bonds is 2. The van der Waals surface area contributed by atoms with E-state index in [9.17, 15) is 9.59 Å². The van der Waals surface area contributed by atoms with Gasteiger partial charge >= 0.3 is 6.03 Å². The van der Waals surface area contributed by atoms with Crippen LogP contribution in [0.1, 0.15) is 32.6 Å². The van der Waals surface area contributed by atoms with E-state index in [2.05, 4.69) is 5.32 Å². The average molecular weight is 241 g/mol. The topological polar surface area (TPSA) is 52.7 Å². The molecular weight excluding hydrogens is 218 g/mol. The van der Waals surface area contributed by atoms with Crippen molar-refractivity contribution in [3.63, 3.8) is 0 Å². The van der Waals surface area contributed by atoms with E-state index in [0.717, 1.165) is 25.9 Å². The van der Waals surface area contributed by atoms with Crippen LogP contribution in [-0.4, -0.2) is 55.0 Å². The number of carbonyl (C=O) groups excluding carboxylic acids is 2. The first kappa shape index (κ1) is 13.8. The Kier molecular flexibility index (Phi) is 5.25. The van der Waals surface area contributed by atoms with Crippen LogP contribution in [0.2, 0.25) is 0 Å². The van der Waals surface area contributed by atoms with Gasteiger partial charge in [-0.05, 0) is 19.8 Å². The maximum atomic E-state index is 11.9. The summed E-state index contributed by atoms with van der Waals surface area (Å²) in [4.78, 5) is 26.9. The molecule has 0 spiro atoms. The van der Waals surface area contributed by atoms with Crippen molar-refractivity contribution in [3.05, 3.63) is 0 Å². The fourth-order valence-electron chi connectivity index (χ4n) is 2.00. The fraction of sp³-hybridized carbons (Fsp3) is 0.833. The zero-order valence-electron chi connectivity index (χ0n) is 11.0. The molecule has 1 fully saturated rings. The molecule has 0 aromatic carbocycles. The molecular formula is C12H23N3O2. The molecule has 1 aliphatic rings. The summed E-state index contributed by atoms with van der Waals surface area (Å²) >= 11 is 0. The summed E-state index contributed by atoms with van der Waals surface area (Å²) in [6, 6.07) is -0.574. The van der Waals surface area contributed by atoms with Crippen LogP contribution in [0, 0.1) is 0 Å². The third-order valence-corrected chi connectivity index (χ3v) is 3.04. The van der Waals surface area contributed by atoms with Crippen LogP contribution in [0.4, 0.5) is 4.79 Å². The lowest BCUT2D eigenvalue weighted by molar-refractivity contribution is -0.130. The van der Waals surface area contributed by atoms with Crippen molar-refractivity contribution in [2.24, 2.45) is 0 Å². The zero-order valence-corrected chi connectivity index (χ0v) is 11.0. The van der Waals surface area contributed by atoms with Crippen molar-refractivity contribution >= 4 is 11.9 Å². The highest BCUT2D eigenvalue weighted by molar-refractivity contribution is 5.86. The van der Waals surface area contributed by atoms with Gasteiger partial charge in [0.1, 0.15) is 6.04 Å². The second-order valence-corrected chi connectivity index (χ2v) is 4.81. The molecule has 1 N–H and O–H groups in total. The lowest BCUT2D eigenvalue weighted by atomic mass is 10.2. The van der Waals surface area contributed by atoms with E-state index < -0.39 is 6.04 Å². The SMILES string of the molecule is CC(NC(=O)N1CCCCCC1)C(=O)N(C)C. The van der Waals surface area contributed by atoms with Gasteiger partial charge in [-0.15, -0.1) is 0 Å². The number of urea groups is 1. The molecule has 1 rings (SSSR count). The molecule has 5 heteroatoms. The van der Waals surface area contributed by atoms with Crippen molar-refractivity contribution in [3.8, 4) is 0 Å². The Morgan fingerprint density at radius 3 is 2.12 bits per heavy atom. The molecule has 3 amide bonds. The third kappa shape index (κ3) is 4.24. The minimum atomic E-state index is -0.458. The van der Waals surface area contributed by atoms with E-state index in [1.54, 1.807) is 21.0 Å². The summed E-state index contributed by atoms with van der Waals surface area (Å²) in [5, 5.41) is 2.75. The summed E-state index contributed by atoms with van der Waals surface area (Å²) in [6.07, 6.45) is 4.50. The number of nitrogens with one attached hydrogen (secondary N) is 1. The lowest BCUT2D eigenvalue weighted by Crippen LogP contribution is -2.49. The lowest BCUT2D eigenvalue weighted by Gasteiger charge is -2.24. The molecule has 1 unspecified atom stereocenters. The van der Waals surface area contributed by atoms with Gasteiger partial charge in [-0.1, -0.05) is 12.8 Å². The smallest absolute Gasteiger partial charge is 0.318 e. The number of amides is 3. The molecule has 0 aromatic rings. The quantitative estimate of drug-likeness (QED) is 0.785. The minimum absolute atomic E-state index is 0.0758. The number of hydrogen-bond acceptors (Lipinski definition) is 2. The van der Waals surface area contributed by atoms with Gasteiger partial charge in [0.15, 0.2) is 0 Å². The number of carbonyl (C=O) groups is 2. The van der Waals surface area contributed by atoms with E-state index >= 15 is 0 Å². The highest BCUT2D eigenvalue weighted by Gasteiger charge is 2.21. The van der Waals surface area contributed by atoms with Crippen LogP contribution in [0.25, 0.3) is 0 Å². The monoisotopic (exact) mass is 241 g/mol. The molecule has 1 atom stereocenters. The summed E-state index contributed by atoms with van der Waals surface area (Å²) in [5.41, 5.74) is 0. The van der Waals surface area contributed by atoms with E-state index in [0.29, 0.717) is 0 Å². The van der Waals surface area contributed by atoms with Crippen molar-refractivity contribution in [1.82, 2.24) is 15.1 Å². The maximum Gasteiger partial charge on any atom is 0.318 e. The highest BCUT2D eigenvalue weighted by atomic mass is 16.2. The van der Waals surface area contributed by atoms with Crippen molar-refractivity contribution in [2.75, 3.05) is 27.2 Å². The van der Waals surface area contributed by atoms with Crippen LogP contribution >= 0.6 is 0 Å². The predicted molar refractivity (Wildman–Crippen MR) is 66.7 cm³/mol. The van der Waals surface area contributed by atoms with Crippen molar-refractivity contribution in [2.45, 2.75) is 38.6 Å². The van der Waals surface area contributed by atoms with Crippen LogP contribution in [0.15, 0.2) is 0 Å². The van der Waals surface area contributed by atoms with Gasteiger partial charge in [0.25, 0.3) is 0 Å². The molecule has 0 aromatic heterocycles. The molecule has 17 heavy (non-hydrogen) atoms. The first-order valence-electron chi connectivity index (χ1n) is 6.29. The number of hydrogen-bond donors (Lipinski definition) is 1. The van der Waals surface area contributed by atoms with Gasteiger partial charge in [0.2, 0.25) is 5.91 Å². The Morgan fingerprint density at radius 1 is 1.12 bits per heavy atom. The van der Waals surface area contributed by atoms with E-state index in [4.69, 9.17) is 0 Å². The van der Waals surface area contributed by atoms with E-state index in [1.807, 2.05) is 4.90 Å². The Labute approximate surface area is 103 Å². The van der Waals surface area contributed by atoms with E-state index in [-0.39, 0.29) is 11.9 Å². The maximum absolute atomic E-state index is 11.9. The first-order chi connectivity index (χ1) is 8.02. The zero-order chi connectivity index (χ0) is 12.8. The molecule has 1 aliphatic heterocycles. The normalized spacial score (nSPS) is 18.2. The molecule has 5 nitrogen and oxygen atoms in total. The standard InChI is InChI=1S/C12H23N3O2/c1-10(11(16)14(2)3)13-12(17)15-8-6-4-5-7-9-15/h10H,4-9H2,1-3H3,(H,13,17). The molecule has 0 saturated carbocycles. The summed E-state index contributed by atoms with van der Waals surface area (Å²) in [7, 11) is 3.38. The van der Waals surface area contributed by atoms with Gasteiger partial charge < -0.3 is 15.1 Å². The molecule has 0 bridgehead atoms. The molecule has 0 radical (unpaired) electrons. The Balaban J connectivity index is 2.44. The summed E-state index contributed by atoms with van der Waals surface area (Å²) < 4.78 is 0. The van der Waals surface area contributed by atoms with Gasteiger partial charge in [0.05, 0.1) is 0 Å². The summed E-state index contributed by atoms with van der Waals surface area (Å²) in [5.74, 6) is -0.0758. The largest absolute Gasteiger partial charge is 0.347 e. The summed E-state index contributed by atoms with van der Waals surface area (Å²) in [6.45, 7) is 3.32. The first-order valence-corrected chi connectivity index (χ1v) is 6.29. The van der Waals surface area contributed by atoms with E-state index in [1.165, 1.54) is 17.7 Å². The van der Waals surface area contributed by atoms with Gasteiger partial charge in [-0.25, -0.2) is 4.79 Å². The second kappa shape index (κ2) is 6.47. The molecule has 98 valence electrons. The third-order valence-electron chi connectivity index (χ3n) is 3.04. The Bertz CT molecular complexity index is 271. The number of likely N-dealkylation sites (tertiary alicyclic amines) is 1. The Morgan fingerprint density at radius 2 is 1.65 bits per heavy atom. The second-order valence-electron chi connectivity index (χ2n) is 4.81. The molecule has 0 aliphatic carbocycles. The number of nitrogens with zero attached hydrogens (tertiary/aromatic N) is 2. The van der Waals surface area contributed by atoms with Crippen LogP contribution in [-0.2, 0) is 4.79 Å². The van der Waals surface area contributed by atoms with Crippen LogP contribution in [0.3, 0.4) is 0 Å². The predicted octanol–water partition coefficient (Wildman–Crippen LogP) is 1.05. The van der Waals surface area contributed by atoms with Gasteiger partial charge in [-0.3, -0.25) is 4.79 Å².